The van der Waals surface area contributed by atoms with Gasteiger partial charge in [-0.15, -0.1) is 0 Å². The number of aliphatic hydroxyl groups is 1. The van der Waals surface area contributed by atoms with Crippen molar-refractivity contribution in [1.82, 2.24) is 4.90 Å². The number of piperidine rings is 1. The van der Waals surface area contributed by atoms with Crippen LogP contribution in [0.25, 0.3) is 0 Å². The molecule has 0 radical (unpaired) electrons. The van der Waals surface area contributed by atoms with E-state index in [4.69, 9.17) is 9.47 Å². The van der Waals surface area contributed by atoms with E-state index in [0.717, 1.165) is 49.4 Å². The number of carbonyl (C=O) groups excluding carboxylic acids is 1. The lowest BCUT2D eigenvalue weighted by Crippen LogP contribution is -2.48. The van der Waals surface area contributed by atoms with E-state index in [0.29, 0.717) is 25.2 Å². The first-order valence-electron chi connectivity index (χ1n) is 12.8. The number of ether oxygens (including phenoxy) is 2. The van der Waals surface area contributed by atoms with Crippen LogP contribution >= 0.6 is 0 Å². The van der Waals surface area contributed by atoms with Crippen LogP contribution in [0.2, 0.25) is 0 Å². The van der Waals surface area contributed by atoms with E-state index in [9.17, 15) is 9.90 Å². The summed E-state index contributed by atoms with van der Waals surface area (Å²) in [5, 5.41) is 10.5. The summed E-state index contributed by atoms with van der Waals surface area (Å²) < 4.78 is 11.1. The van der Waals surface area contributed by atoms with Gasteiger partial charge in [0, 0.05) is 6.54 Å². The van der Waals surface area contributed by atoms with Gasteiger partial charge in [-0.3, -0.25) is 4.79 Å². The number of carbonyl (C=O) groups is 1. The van der Waals surface area contributed by atoms with Crippen molar-refractivity contribution in [1.29, 1.82) is 0 Å². The van der Waals surface area contributed by atoms with Crippen LogP contribution in [0, 0.1) is 23.7 Å². The molecule has 176 valence electrons. The molecule has 1 aromatic rings. The Kier molecular flexibility index (Phi) is 6.48. The van der Waals surface area contributed by atoms with Crippen LogP contribution in [-0.2, 0) is 14.9 Å². The van der Waals surface area contributed by atoms with E-state index in [-0.39, 0.29) is 11.9 Å². The monoisotopic (exact) mass is 441 g/mol. The number of hydrogen-bond acceptors (Lipinski definition) is 5. The molecule has 5 heteroatoms. The SMILES string of the molecule is CCOC(=O)C1CCN(C[C@@H](O)COc2ccc(C34CC5CC(CC(C5)C3)C4)cc2)CC1. The first-order chi connectivity index (χ1) is 15.5. The van der Waals surface area contributed by atoms with Crippen molar-refractivity contribution in [2.24, 2.45) is 23.7 Å². The van der Waals surface area contributed by atoms with Crippen molar-refractivity contribution in [3.8, 4) is 5.75 Å². The number of likely N-dealkylation sites (tertiary alicyclic amines) is 1. The van der Waals surface area contributed by atoms with Gasteiger partial charge >= 0.3 is 5.97 Å². The average molecular weight is 442 g/mol. The average Bonchev–Trinajstić information content (AvgIpc) is 2.78. The molecule has 4 aliphatic carbocycles. The lowest BCUT2D eigenvalue weighted by atomic mass is 9.48. The van der Waals surface area contributed by atoms with E-state index < -0.39 is 6.10 Å². The number of benzene rings is 1. The number of hydrogen-bond donors (Lipinski definition) is 1. The Morgan fingerprint density at radius 1 is 1.06 bits per heavy atom. The van der Waals surface area contributed by atoms with Crippen LogP contribution in [0.1, 0.15) is 63.9 Å². The maximum atomic E-state index is 11.9. The number of β-amino-alcohol motifs (C(OH)–C–C–N with tert-alkyl or cyclic N) is 1. The molecule has 6 rings (SSSR count). The van der Waals surface area contributed by atoms with Gasteiger partial charge in [0.1, 0.15) is 18.5 Å². The van der Waals surface area contributed by atoms with Crippen LogP contribution in [0.4, 0.5) is 0 Å². The highest BCUT2D eigenvalue weighted by Crippen LogP contribution is 2.60. The zero-order valence-electron chi connectivity index (χ0n) is 19.5. The van der Waals surface area contributed by atoms with Gasteiger partial charge in [0.05, 0.1) is 12.5 Å². The van der Waals surface area contributed by atoms with Crippen molar-refractivity contribution < 1.29 is 19.4 Å². The molecule has 5 nitrogen and oxygen atoms in total. The summed E-state index contributed by atoms with van der Waals surface area (Å²) in [5.74, 6) is 3.64. The fourth-order valence-electron chi connectivity index (χ4n) is 7.52. The Balaban J connectivity index is 1.08. The number of esters is 1. The molecule has 0 amide bonds. The predicted molar refractivity (Wildman–Crippen MR) is 124 cm³/mol. The Hall–Kier alpha value is -1.59. The molecule has 4 bridgehead atoms. The molecule has 1 aromatic carbocycles. The fraction of sp³-hybridized carbons (Fsp3) is 0.741. The quantitative estimate of drug-likeness (QED) is 0.614. The third-order valence-electron chi connectivity index (χ3n) is 8.62. The van der Waals surface area contributed by atoms with E-state index in [1.807, 2.05) is 6.92 Å². The number of aliphatic hydroxyl groups excluding tert-OH is 1. The summed E-state index contributed by atoms with van der Waals surface area (Å²) in [7, 11) is 0. The first kappa shape index (κ1) is 22.2. The predicted octanol–water partition coefficient (Wildman–Crippen LogP) is 4.17. The molecule has 1 aliphatic heterocycles. The van der Waals surface area contributed by atoms with Gasteiger partial charge < -0.3 is 19.5 Å². The molecule has 5 aliphatic rings. The number of rotatable bonds is 8. The summed E-state index contributed by atoms with van der Waals surface area (Å²) in [5.41, 5.74) is 1.93. The molecule has 32 heavy (non-hydrogen) atoms. The van der Waals surface area contributed by atoms with Crippen molar-refractivity contribution in [3.05, 3.63) is 29.8 Å². The minimum Gasteiger partial charge on any atom is -0.491 e. The van der Waals surface area contributed by atoms with Crippen molar-refractivity contribution >= 4 is 5.97 Å². The zero-order chi connectivity index (χ0) is 22.1. The van der Waals surface area contributed by atoms with Crippen LogP contribution in [0.15, 0.2) is 24.3 Å². The Bertz CT molecular complexity index is 748. The van der Waals surface area contributed by atoms with Gasteiger partial charge in [-0.05, 0) is 112 Å². The number of nitrogens with zero attached hydrogens (tertiary/aromatic N) is 1. The van der Waals surface area contributed by atoms with E-state index >= 15 is 0 Å². The second kappa shape index (κ2) is 9.34. The van der Waals surface area contributed by atoms with Crippen molar-refractivity contribution in [2.75, 3.05) is 32.8 Å². The largest absolute Gasteiger partial charge is 0.491 e. The molecule has 0 spiro atoms. The minimum absolute atomic E-state index is 0.00656. The molecule has 1 heterocycles. The first-order valence-corrected chi connectivity index (χ1v) is 12.8. The highest BCUT2D eigenvalue weighted by Gasteiger charge is 2.51. The normalized spacial score (nSPS) is 33.2. The smallest absolute Gasteiger partial charge is 0.309 e. The molecular formula is C27H39NO4. The summed E-state index contributed by atoms with van der Waals surface area (Å²) in [4.78, 5) is 14.1. The van der Waals surface area contributed by atoms with Crippen LogP contribution in [-0.4, -0.2) is 54.9 Å². The fourth-order valence-corrected chi connectivity index (χ4v) is 7.52. The summed E-state index contributed by atoms with van der Waals surface area (Å²) in [6.07, 6.45) is 9.63. The third-order valence-corrected chi connectivity index (χ3v) is 8.62. The van der Waals surface area contributed by atoms with Gasteiger partial charge in [-0.1, -0.05) is 12.1 Å². The Morgan fingerprint density at radius 2 is 1.66 bits per heavy atom. The van der Waals surface area contributed by atoms with E-state index in [1.165, 1.54) is 44.1 Å². The highest BCUT2D eigenvalue weighted by molar-refractivity contribution is 5.72. The van der Waals surface area contributed by atoms with Crippen LogP contribution in [0.3, 0.4) is 0 Å². The molecule has 0 aromatic heterocycles. The minimum atomic E-state index is -0.531. The van der Waals surface area contributed by atoms with Gasteiger partial charge in [-0.25, -0.2) is 0 Å². The lowest BCUT2D eigenvalue weighted by molar-refractivity contribution is -0.149. The van der Waals surface area contributed by atoms with Crippen molar-refractivity contribution in [2.45, 2.75) is 69.8 Å². The van der Waals surface area contributed by atoms with Gasteiger partial charge in [0.15, 0.2) is 0 Å². The topological polar surface area (TPSA) is 59.0 Å². The molecule has 1 atom stereocenters. The Labute approximate surface area is 192 Å². The standard InChI is InChI=1S/C27H39NO4/c1-2-31-26(30)22-7-9-28(10-8-22)17-24(29)18-32-25-5-3-23(4-6-25)27-14-19-11-20(15-27)13-21(12-19)16-27/h3-6,19-22,24,29H,2,7-18H2,1H3/t19?,20?,21?,24-,27?/m1/s1. The molecule has 4 saturated carbocycles. The van der Waals surface area contributed by atoms with Gasteiger partial charge in [0.2, 0.25) is 0 Å². The highest BCUT2D eigenvalue weighted by atomic mass is 16.5. The molecule has 5 fully saturated rings. The van der Waals surface area contributed by atoms with Gasteiger partial charge in [-0.2, -0.15) is 0 Å². The zero-order valence-corrected chi connectivity index (χ0v) is 19.5. The van der Waals surface area contributed by atoms with E-state index in [1.54, 1.807) is 0 Å². The Morgan fingerprint density at radius 3 is 2.22 bits per heavy atom. The summed E-state index contributed by atoms with van der Waals surface area (Å²) in [6, 6.07) is 8.78. The van der Waals surface area contributed by atoms with E-state index in [2.05, 4.69) is 29.2 Å². The third kappa shape index (κ3) is 4.70. The second-order valence-electron chi connectivity index (χ2n) is 11.0. The lowest BCUT2D eigenvalue weighted by Gasteiger charge is -2.57. The molecular weight excluding hydrogens is 402 g/mol. The maximum Gasteiger partial charge on any atom is 0.309 e. The van der Waals surface area contributed by atoms with Crippen molar-refractivity contribution in [3.63, 3.8) is 0 Å². The summed E-state index contributed by atoms with van der Waals surface area (Å²) in [6.45, 7) is 4.81. The summed E-state index contributed by atoms with van der Waals surface area (Å²) >= 11 is 0. The second-order valence-corrected chi connectivity index (χ2v) is 11.0. The van der Waals surface area contributed by atoms with Gasteiger partial charge in [0.25, 0.3) is 0 Å². The molecule has 1 N–H and O–H groups in total. The van der Waals surface area contributed by atoms with Crippen LogP contribution in [0.5, 0.6) is 5.75 Å². The molecule has 1 saturated heterocycles. The molecule has 0 unspecified atom stereocenters. The maximum absolute atomic E-state index is 11.9. The van der Waals surface area contributed by atoms with Crippen LogP contribution < -0.4 is 4.74 Å².